The summed E-state index contributed by atoms with van der Waals surface area (Å²) in [7, 11) is 2.21. The van der Waals surface area contributed by atoms with Gasteiger partial charge in [0.1, 0.15) is 0 Å². The summed E-state index contributed by atoms with van der Waals surface area (Å²) in [4.78, 5) is 0. The molecular weight excluding hydrogens is 292 g/mol. The van der Waals surface area contributed by atoms with Gasteiger partial charge in [0, 0.05) is 0 Å². The number of rotatable bonds is 1. The topological polar surface area (TPSA) is 3.01 Å². The number of benzene rings is 1. The van der Waals surface area contributed by atoms with E-state index in [1.165, 1.54) is 16.3 Å². The second kappa shape index (κ2) is 4.43. The van der Waals surface area contributed by atoms with Crippen molar-refractivity contribution in [1.29, 1.82) is 0 Å². The van der Waals surface area contributed by atoms with Gasteiger partial charge in [-0.2, -0.15) is 0 Å². The molecule has 1 aliphatic rings. The quantitative estimate of drug-likeness (QED) is 0.547. The first-order valence-corrected chi connectivity index (χ1v) is 8.43. The maximum atomic E-state index is 2.40. The van der Waals surface area contributed by atoms with E-state index >= 15 is 0 Å². The molecule has 1 nitrogen and oxygen atoms in total. The molecule has 2 rings (SSSR count). The fraction of sp³-hybridized carbons (Fsp3) is 0.300. The van der Waals surface area contributed by atoms with Crippen molar-refractivity contribution in [3.63, 3.8) is 0 Å². The molecule has 0 aromatic heterocycles. The molecular formula is C10H12NSe2+. The number of hydrogen-bond donors (Lipinski definition) is 0. The summed E-state index contributed by atoms with van der Waals surface area (Å²) in [6.45, 7) is 0. The molecule has 1 aromatic rings. The molecule has 1 saturated heterocycles. The molecule has 0 N–H and O–H groups in total. The first-order chi connectivity index (χ1) is 6.38. The molecule has 0 saturated carbocycles. The van der Waals surface area contributed by atoms with Gasteiger partial charge in [-0.1, -0.05) is 0 Å². The fourth-order valence-corrected chi connectivity index (χ4v) is 8.30. The molecule has 0 spiro atoms. The monoisotopic (exact) mass is 306 g/mol. The van der Waals surface area contributed by atoms with Gasteiger partial charge in [0.25, 0.3) is 0 Å². The van der Waals surface area contributed by atoms with Crippen molar-refractivity contribution in [2.75, 3.05) is 7.05 Å². The zero-order valence-corrected chi connectivity index (χ0v) is 11.0. The van der Waals surface area contributed by atoms with Crippen LogP contribution in [-0.4, -0.2) is 45.0 Å². The van der Waals surface area contributed by atoms with Gasteiger partial charge in [-0.05, 0) is 0 Å². The van der Waals surface area contributed by atoms with Crippen LogP contribution in [0.25, 0.3) is 0 Å². The van der Waals surface area contributed by atoms with Gasteiger partial charge in [-0.25, -0.2) is 0 Å². The first-order valence-electron chi connectivity index (χ1n) is 4.29. The standard InChI is InChI=1S/C10H12NSe2/c1-11(10-12-7-8-13-10)9-5-3-2-4-6-9/h2-6H,7-8H2,1H3/q+1. The predicted molar refractivity (Wildman–Crippen MR) is 58.4 cm³/mol. The van der Waals surface area contributed by atoms with Crippen LogP contribution in [0.5, 0.6) is 0 Å². The predicted octanol–water partition coefficient (Wildman–Crippen LogP) is 1.57. The Bertz CT molecular complexity index is 311. The molecule has 1 heterocycles. The van der Waals surface area contributed by atoms with Gasteiger partial charge < -0.3 is 0 Å². The van der Waals surface area contributed by atoms with E-state index in [-0.39, 0.29) is 0 Å². The van der Waals surface area contributed by atoms with Gasteiger partial charge in [-0.15, -0.1) is 0 Å². The van der Waals surface area contributed by atoms with Crippen molar-refractivity contribution >= 4 is 39.1 Å². The zero-order chi connectivity index (χ0) is 9.10. The third-order valence-corrected chi connectivity index (χ3v) is 9.73. The molecule has 0 amide bonds. The van der Waals surface area contributed by atoms with Crippen molar-refractivity contribution in [2.45, 2.75) is 10.6 Å². The Balaban J connectivity index is 2.30. The molecule has 68 valence electrons. The molecule has 0 bridgehead atoms. The van der Waals surface area contributed by atoms with E-state index in [4.69, 9.17) is 0 Å². The molecule has 0 aliphatic carbocycles. The SMILES string of the molecule is C[N+](=C1[Se]CC[Se]1)c1ccccc1. The average Bonchev–Trinajstić information content (AvgIpc) is 2.71. The fourth-order valence-electron chi connectivity index (χ4n) is 1.25. The number of hydrogen-bond acceptors (Lipinski definition) is 0. The molecule has 3 heteroatoms. The van der Waals surface area contributed by atoms with E-state index in [0.29, 0.717) is 0 Å². The normalized spacial score (nSPS) is 16.2. The van der Waals surface area contributed by atoms with Gasteiger partial charge in [0.05, 0.1) is 0 Å². The van der Waals surface area contributed by atoms with E-state index in [2.05, 4.69) is 42.0 Å². The molecule has 1 fully saturated rings. The van der Waals surface area contributed by atoms with Crippen LogP contribution >= 0.6 is 0 Å². The molecule has 0 radical (unpaired) electrons. The van der Waals surface area contributed by atoms with Crippen molar-refractivity contribution in [3.8, 4) is 0 Å². The summed E-state index contributed by atoms with van der Waals surface area (Å²) in [6, 6.07) is 10.7. The summed E-state index contributed by atoms with van der Waals surface area (Å²) >= 11 is 1.56. The van der Waals surface area contributed by atoms with Crippen molar-refractivity contribution in [2.24, 2.45) is 0 Å². The summed E-state index contributed by atoms with van der Waals surface area (Å²) in [6.07, 6.45) is 0. The minimum atomic E-state index is 0.782. The average molecular weight is 304 g/mol. The van der Waals surface area contributed by atoms with Crippen LogP contribution in [-0.2, 0) is 0 Å². The summed E-state index contributed by atoms with van der Waals surface area (Å²) in [5.74, 6) is 0. The van der Waals surface area contributed by atoms with Crippen LogP contribution in [0.15, 0.2) is 30.3 Å². The maximum absolute atomic E-state index is 2.40. The Morgan fingerprint density at radius 3 is 2.31 bits per heavy atom. The Kier molecular flexibility index (Phi) is 3.23. The van der Waals surface area contributed by atoms with E-state index in [1.54, 1.807) is 3.51 Å². The molecule has 0 unspecified atom stereocenters. The van der Waals surface area contributed by atoms with Crippen LogP contribution in [0.4, 0.5) is 5.69 Å². The van der Waals surface area contributed by atoms with Gasteiger partial charge >= 0.3 is 91.7 Å². The van der Waals surface area contributed by atoms with Crippen molar-refractivity contribution in [1.82, 2.24) is 0 Å². The van der Waals surface area contributed by atoms with Crippen molar-refractivity contribution < 1.29 is 4.58 Å². The summed E-state index contributed by atoms with van der Waals surface area (Å²) in [5, 5.41) is 2.92. The Morgan fingerprint density at radius 1 is 1.08 bits per heavy atom. The van der Waals surface area contributed by atoms with Crippen molar-refractivity contribution in [3.05, 3.63) is 30.3 Å². The third-order valence-electron chi connectivity index (χ3n) is 1.95. The second-order valence-electron chi connectivity index (χ2n) is 2.86. The van der Waals surface area contributed by atoms with E-state index in [9.17, 15) is 0 Å². The molecule has 1 aliphatic heterocycles. The molecule has 0 atom stereocenters. The zero-order valence-electron chi connectivity index (χ0n) is 7.56. The van der Waals surface area contributed by atoms with E-state index in [0.717, 1.165) is 29.9 Å². The minimum absolute atomic E-state index is 0.782. The Morgan fingerprint density at radius 2 is 1.69 bits per heavy atom. The number of nitrogens with zero attached hydrogens (tertiary/aromatic N) is 1. The van der Waals surface area contributed by atoms with Crippen LogP contribution in [0, 0.1) is 0 Å². The molecule has 1 aromatic carbocycles. The van der Waals surface area contributed by atoms with Gasteiger partial charge in [0.2, 0.25) is 0 Å². The second-order valence-corrected chi connectivity index (χ2v) is 8.71. The number of para-hydroxylation sites is 1. The van der Waals surface area contributed by atoms with Crippen LogP contribution in [0.1, 0.15) is 0 Å². The summed E-state index contributed by atoms with van der Waals surface area (Å²) < 4.78 is 4.11. The van der Waals surface area contributed by atoms with E-state index < -0.39 is 0 Å². The van der Waals surface area contributed by atoms with Crippen LogP contribution < -0.4 is 0 Å². The Labute approximate surface area is 91.6 Å². The molecule has 13 heavy (non-hydrogen) atoms. The van der Waals surface area contributed by atoms with Gasteiger partial charge in [-0.3, -0.25) is 0 Å². The van der Waals surface area contributed by atoms with Gasteiger partial charge in [0.15, 0.2) is 0 Å². The first kappa shape index (κ1) is 9.48. The third kappa shape index (κ3) is 2.24. The summed E-state index contributed by atoms with van der Waals surface area (Å²) in [5.41, 5.74) is 1.35. The Hall–Kier alpha value is -0.0710. The van der Waals surface area contributed by atoms with Crippen LogP contribution in [0.2, 0.25) is 10.6 Å². The van der Waals surface area contributed by atoms with Crippen LogP contribution in [0.3, 0.4) is 0 Å². The van der Waals surface area contributed by atoms with E-state index in [1.807, 2.05) is 0 Å².